The highest BCUT2D eigenvalue weighted by Crippen LogP contribution is 2.36. The number of nitrogens with zero attached hydrogens (tertiary/aromatic N) is 1. The fourth-order valence-corrected chi connectivity index (χ4v) is 4.14. The first-order valence-corrected chi connectivity index (χ1v) is 7.88. The maximum absolute atomic E-state index is 11.0. The predicted octanol–water partition coefficient (Wildman–Crippen LogP) is 1.25. The number of ether oxygens (including phenoxy) is 1. The lowest BCUT2D eigenvalue weighted by Gasteiger charge is -2.44. The van der Waals surface area contributed by atoms with E-state index < -0.39 is 11.6 Å². The highest BCUT2D eigenvalue weighted by atomic mass is 16.5. The molecule has 1 aliphatic heterocycles. The van der Waals surface area contributed by atoms with Gasteiger partial charge in [0.15, 0.2) is 0 Å². The number of carboxylic acids is 1. The average molecular weight is 283 g/mol. The second kappa shape index (κ2) is 5.62. The molecule has 3 fully saturated rings. The molecule has 2 N–H and O–H groups in total. The van der Waals surface area contributed by atoms with Crippen LogP contribution in [0.4, 0.5) is 0 Å². The van der Waals surface area contributed by atoms with Crippen molar-refractivity contribution >= 4 is 5.97 Å². The third kappa shape index (κ3) is 2.85. The highest BCUT2D eigenvalue weighted by molar-refractivity contribution is 5.70. The Kier molecular flexibility index (Phi) is 4.02. The molecular formula is C15H25NO4. The molecule has 0 bridgehead atoms. The van der Waals surface area contributed by atoms with Gasteiger partial charge in [-0.25, -0.2) is 0 Å². The lowest BCUT2D eigenvalue weighted by Crippen LogP contribution is -2.55. The van der Waals surface area contributed by atoms with E-state index in [1.54, 1.807) is 0 Å². The predicted molar refractivity (Wildman–Crippen MR) is 73.5 cm³/mol. The second-order valence-corrected chi connectivity index (χ2v) is 6.71. The molecule has 2 aliphatic carbocycles. The van der Waals surface area contributed by atoms with Crippen LogP contribution < -0.4 is 0 Å². The fraction of sp³-hybridized carbons (Fsp3) is 0.933. The van der Waals surface area contributed by atoms with Gasteiger partial charge in [0.25, 0.3) is 0 Å². The number of aliphatic carboxylic acids is 1. The smallest absolute Gasteiger partial charge is 0.306 e. The molecule has 2 unspecified atom stereocenters. The van der Waals surface area contributed by atoms with E-state index in [1.807, 2.05) is 0 Å². The van der Waals surface area contributed by atoms with Crippen molar-refractivity contribution in [1.82, 2.24) is 4.90 Å². The SMILES string of the molecule is O=C(O)C1CCC(O)(CN2CCOC3CCCC32)CC1. The van der Waals surface area contributed by atoms with Crippen LogP contribution in [-0.2, 0) is 9.53 Å². The quantitative estimate of drug-likeness (QED) is 0.815. The molecular weight excluding hydrogens is 258 g/mol. The molecule has 0 aromatic heterocycles. The van der Waals surface area contributed by atoms with Crippen LogP contribution in [-0.4, -0.2) is 58.5 Å². The molecule has 3 rings (SSSR count). The van der Waals surface area contributed by atoms with Gasteiger partial charge in [-0.05, 0) is 44.9 Å². The summed E-state index contributed by atoms with van der Waals surface area (Å²) in [5.41, 5.74) is -0.698. The minimum Gasteiger partial charge on any atom is -0.481 e. The lowest BCUT2D eigenvalue weighted by atomic mass is 9.78. The van der Waals surface area contributed by atoms with Gasteiger partial charge in [0.05, 0.1) is 24.2 Å². The van der Waals surface area contributed by atoms with Gasteiger partial charge < -0.3 is 14.9 Å². The van der Waals surface area contributed by atoms with E-state index in [4.69, 9.17) is 9.84 Å². The van der Waals surface area contributed by atoms with Crippen LogP contribution in [0.5, 0.6) is 0 Å². The van der Waals surface area contributed by atoms with Crippen LogP contribution in [0, 0.1) is 5.92 Å². The van der Waals surface area contributed by atoms with Crippen molar-refractivity contribution in [3.05, 3.63) is 0 Å². The maximum Gasteiger partial charge on any atom is 0.306 e. The van der Waals surface area contributed by atoms with E-state index >= 15 is 0 Å². The van der Waals surface area contributed by atoms with Crippen LogP contribution in [0.1, 0.15) is 44.9 Å². The molecule has 2 atom stereocenters. The van der Waals surface area contributed by atoms with Crippen molar-refractivity contribution in [2.45, 2.75) is 62.7 Å². The minimum absolute atomic E-state index is 0.265. The molecule has 1 heterocycles. The number of hydrogen-bond acceptors (Lipinski definition) is 4. The summed E-state index contributed by atoms with van der Waals surface area (Å²) in [6.07, 6.45) is 6.29. The molecule has 1 saturated heterocycles. The molecule has 0 radical (unpaired) electrons. The first-order valence-electron chi connectivity index (χ1n) is 7.88. The summed E-state index contributed by atoms with van der Waals surface area (Å²) in [7, 11) is 0. The van der Waals surface area contributed by atoms with Gasteiger partial charge in [-0.15, -0.1) is 0 Å². The van der Waals surface area contributed by atoms with E-state index in [2.05, 4.69) is 4.90 Å². The second-order valence-electron chi connectivity index (χ2n) is 6.71. The molecule has 0 spiro atoms. The Hall–Kier alpha value is -0.650. The number of fused-ring (bicyclic) bond motifs is 1. The van der Waals surface area contributed by atoms with Crippen molar-refractivity contribution in [2.75, 3.05) is 19.7 Å². The molecule has 0 amide bonds. The van der Waals surface area contributed by atoms with Gasteiger partial charge in [0.2, 0.25) is 0 Å². The zero-order valence-corrected chi connectivity index (χ0v) is 12.0. The van der Waals surface area contributed by atoms with Gasteiger partial charge in [-0.1, -0.05) is 0 Å². The molecule has 0 aromatic rings. The van der Waals surface area contributed by atoms with Crippen molar-refractivity contribution in [3.63, 3.8) is 0 Å². The zero-order chi connectivity index (χ0) is 14.2. The summed E-state index contributed by atoms with van der Waals surface area (Å²) in [5.74, 6) is -0.978. The minimum atomic E-state index is -0.714. The number of hydrogen-bond donors (Lipinski definition) is 2. The number of morpholine rings is 1. The molecule has 20 heavy (non-hydrogen) atoms. The third-order valence-corrected chi connectivity index (χ3v) is 5.36. The van der Waals surface area contributed by atoms with E-state index in [0.717, 1.165) is 19.6 Å². The molecule has 2 saturated carbocycles. The largest absolute Gasteiger partial charge is 0.481 e. The topological polar surface area (TPSA) is 70.0 Å². The molecule has 114 valence electrons. The van der Waals surface area contributed by atoms with Gasteiger partial charge in [-0.2, -0.15) is 0 Å². The standard InChI is InChI=1S/C15H25NO4/c17-14(18)11-4-6-15(19,7-5-11)10-16-8-9-20-13-3-1-2-12(13)16/h11-13,19H,1-10H2,(H,17,18). The normalized spacial score (nSPS) is 42.4. The first-order chi connectivity index (χ1) is 9.57. The summed E-state index contributed by atoms with van der Waals surface area (Å²) in [6.45, 7) is 2.34. The summed E-state index contributed by atoms with van der Waals surface area (Å²) in [5, 5.41) is 19.8. The Morgan fingerprint density at radius 2 is 2.00 bits per heavy atom. The number of rotatable bonds is 3. The molecule has 5 nitrogen and oxygen atoms in total. The Labute approximate surface area is 119 Å². The van der Waals surface area contributed by atoms with Crippen LogP contribution >= 0.6 is 0 Å². The van der Waals surface area contributed by atoms with E-state index in [0.29, 0.717) is 44.4 Å². The van der Waals surface area contributed by atoms with Crippen molar-refractivity contribution in [2.24, 2.45) is 5.92 Å². The maximum atomic E-state index is 11.0. The van der Waals surface area contributed by atoms with E-state index in [1.165, 1.54) is 12.8 Å². The summed E-state index contributed by atoms with van der Waals surface area (Å²) < 4.78 is 5.80. The van der Waals surface area contributed by atoms with Crippen LogP contribution in [0.2, 0.25) is 0 Å². The summed E-state index contributed by atoms with van der Waals surface area (Å²) >= 11 is 0. The van der Waals surface area contributed by atoms with Crippen LogP contribution in [0.15, 0.2) is 0 Å². The van der Waals surface area contributed by atoms with Crippen LogP contribution in [0.3, 0.4) is 0 Å². The van der Waals surface area contributed by atoms with Gasteiger partial charge >= 0.3 is 5.97 Å². The molecule has 5 heteroatoms. The number of aliphatic hydroxyl groups is 1. The summed E-state index contributed by atoms with van der Waals surface area (Å²) in [4.78, 5) is 13.4. The Morgan fingerprint density at radius 3 is 2.70 bits per heavy atom. The Balaban J connectivity index is 1.58. The van der Waals surface area contributed by atoms with E-state index in [-0.39, 0.29) is 5.92 Å². The molecule has 0 aromatic carbocycles. The first kappa shape index (κ1) is 14.3. The fourth-order valence-electron chi connectivity index (χ4n) is 4.14. The Morgan fingerprint density at radius 1 is 1.25 bits per heavy atom. The van der Waals surface area contributed by atoms with Crippen molar-refractivity contribution < 1.29 is 19.7 Å². The van der Waals surface area contributed by atoms with Gasteiger partial charge in [-0.3, -0.25) is 9.69 Å². The highest BCUT2D eigenvalue weighted by Gasteiger charge is 2.42. The summed E-state index contributed by atoms with van der Waals surface area (Å²) in [6, 6.07) is 0.463. The van der Waals surface area contributed by atoms with Crippen molar-refractivity contribution in [3.8, 4) is 0 Å². The lowest BCUT2D eigenvalue weighted by molar-refractivity contribution is -0.146. The molecule has 3 aliphatic rings. The van der Waals surface area contributed by atoms with E-state index in [9.17, 15) is 9.90 Å². The number of β-amino-alcohol motifs (C(OH)–C–C–N with tert-alkyl or cyclic N) is 1. The van der Waals surface area contributed by atoms with Crippen molar-refractivity contribution in [1.29, 1.82) is 0 Å². The third-order valence-electron chi connectivity index (χ3n) is 5.36. The monoisotopic (exact) mass is 283 g/mol. The Bertz CT molecular complexity index is 365. The van der Waals surface area contributed by atoms with Crippen LogP contribution in [0.25, 0.3) is 0 Å². The average Bonchev–Trinajstić information content (AvgIpc) is 2.88. The zero-order valence-electron chi connectivity index (χ0n) is 12.0. The van der Waals surface area contributed by atoms with Gasteiger partial charge in [0.1, 0.15) is 0 Å². The number of carboxylic acid groups (broad SMARTS) is 1. The van der Waals surface area contributed by atoms with Gasteiger partial charge in [0, 0.05) is 19.1 Å². The number of carbonyl (C=O) groups is 1.